The van der Waals surface area contributed by atoms with E-state index < -0.39 is 0 Å². The van der Waals surface area contributed by atoms with Gasteiger partial charge in [-0.1, -0.05) is 23.7 Å². The number of carbonyl (C=O) groups is 2. The molecule has 0 fully saturated rings. The van der Waals surface area contributed by atoms with Crippen molar-refractivity contribution >= 4 is 46.0 Å². The minimum Gasteiger partial charge on any atom is -0.377 e. The van der Waals surface area contributed by atoms with Gasteiger partial charge in [0.25, 0.3) is 11.8 Å². The lowest BCUT2D eigenvalue weighted by Gasteiger charge is -2.16. The van der Waals surface area contributed by atoms with Gasteiger partial charge in [-0.05, 0) is 49.9 Å². The summed E-state index contributed by atoms with van der Waals surface area (Å²) in [4.78, 5) is 28.0. The highest BCUT2D eigenvalue weighted by atomic mass is 35.5. The summed E-state index contributed by atoms with van der Waals surface area (Å²) < 4.78 is 5.51. The van der Waals surface area contributed by atoms with Gasteiger partial charge in [-0.15, -0.1) is 11.3 Å². The molecule has 3 rings (SSSR count). The van der Waals surface area contributed by atoms with Gasteiger partial charge in [0.05, 0.1) is 24.8 Å². The lowest BCUT2D eigenvalue weighted by atomic mass is 10.1. The second-order valence-electron chi connectivity index (χ2n) is 6.45. The summed E-state index contributed by atoms with van der Waals surface area (Å²) in [7, 11) is 0. The maximum Gasteiger partial charge on any atom is 0.278 e. The van der Waals surface area contributed by atoms with Crippen LogP contribution < -0.4 is 5.32 Å². The van der Waals surface area contributed by atoms with Crippen LogP contribution in [0.4, 0.5) is 5.69 Å². The Balaban J connectivity index is 1.94. The topological polar surface area (TPSA) is 58.6 Å². The fourth-order valence-electron chi connectivity index (χ4n) is 2.80. The molecule has 7 heteroatoms. The summed E-state index contributed by atoms with van der Waals surface area (Å²) in [5, 5.41) is 5.62. The molecule has 1 aliphatic rings. The molecule has 0 atom stereocenters. The summed E-state index contributed by atoms with van der Waals surface area (Å²) in [6.45, 7) is 6.21. The molecule has 0 aliphatic carbocycles. The normalized spacial score (nSPS) is 14.6. The van der Waals surface area contributed by atoms with Crippen LogP contribution in [0.3, 0.4) is 0 Å². The first-order valence-corrected chi connectivity index (χ1v) is 9.94. The number of amides is 2. The molecule has 2 amide bonds. The zero-order valence-electron chi connectivity index (χ0n) is 15.4. The number of nitrogens with one attached hydrogen (secondary N) is 1. The van der Waals surface area contributed by atoms with Crippen molar-refractivity contribution in [3.05, 3.63) is 56.9 Å². The molecule has 1 aliphatic heterocycles. The first-order chi connectivity index (χ1) is 12.9. The van der Waals surface area contributed by atoms with Crippen molar-refractivity contribution in [2.75, 3.05) is 18.5 Å². The summed E-state index contributed by atoms with van der Waals surface area (Å²) in [6.07, 6.45) is 0.0363. The van der Waals surface area contributed by atoms with Crippen LogP contribution in [-0.2, 0) is 14.3 Å². The Kier molecular flexibility index (Phi) is 5.99. The Bertz CT molecular complexity index is 891. The van der Waals surface area contributed by atoms with Crippen molar-refractivity contribution in [2.45, 2.75) is 26.9 Å². The minimum absolute atomic E-state index is 0.0363. The molecule has 2 aromatic rings. The molecule has 5 nitrogen and oxygen atoms in total. The summed E-state index contributed by atoms with van der Waals surface area (Å²) in [5.74, 6) is -0.660. The third kappa shape index (κ3) is 4.08. The molecule has 0 unspecified atom stereocenters. The Labute approximate surface area is 167 Å². The highest BCUT2D eigenvalue weighted by molar-refractivity contribution is 7.11. The fraction of sp³-hybridized carbons (Fsp3) is 0.300. The fourth-order valence-corrected chi connectivity index (χ4v) is 3.74. The van der Waals surface area contributed by atoms with Crippen molar-refractivity contribution in [1.82, 2.24) is 4.90 Å². The minimum atomic E-state index is -0.352. The number of benzene rings is 1. The summed E-state index contributed by atoms with van der Waals surface area (Å²) >= 11 is 7.62. The molecule has 0 spiro atoms. The quantitative estimate of drug-likeness (QED) is 0.698. The van der Waals surface area contributed by atoms with Gasteiger partial charge in [-0.25, -0.2) is 0 Å². The van der Waals surface area contributed by atoms with Gasteiger partial charge in [-0.2, -0.15) is 0 Å². The van der Waals surface area contributed by atoms with Crippen LogP contribution in [0.15, 0.2) is 41.4 Å². The van der Waals surface area contributed by atoms with E-state index in [1.54, 1.807) is 12.1 Å². The molecule has 0 bridgehead atoms. The molecule has 1 aromatic carbocycles. The van der Waals surface area contributed by atoms with Crippen molar-refractivity contribution in [1.29, 1.82) is 0 Å². The summed E-state index contributed by atoms with van der Waals surface area (Å²) in [5.41, 5.74) is 2.18. The van der Waals surface area contributed by atoms with Gasteiger partial charge in [0.2, 0.25) is 0 Å². The van der Waals surface area contributed by atoms with E-state index >= 15 is 0 Å². The Morgan fingerprint density at radius 3 is 2.63 bits per heavy atom. The second kappa shape index (κ2) is 8.25. The smallest absolute Gasteiger partial charge is 0.278 e. The van der Waals surface area contributed by atoms with Gasteiger partial charge in [0, 0.05) is 15.6 Å². The van der Waals surface area contributed by atoms with Crippen LogP contribution in [0, 0.1) is 6.92 Å². The van der Waals surface area contributed by atoms with E-state index in [0.29, 0.717) is 22.9 Å². The molecular weight excluding hydrogens is 384 g/mol. The van der Waals surface area contributed by atoms with Crippen LogP contribution in [0.2, 0.25) is 5.02 Å². The highest BCUT2D eigenvalue weighted by Crippen LogP contribution is 2.34. The van der Waals surface area contributed by atoms with E-state index in [2.05, 4.69) is 5.32 Å². The lowest BCUT2D eigenvalue weighted by Crippen LogP contribution is -2.35. The van der Waals surface area contributed by atoms with E-state index in [0.717, 1.165) is 10.4 Å². The molecule has 0 saturated carbocycles. The van der Waals surface area contributed by atoms with Crippen LogP contribution in [0.1, 0.15) is 24.3 Å². The maximum absolute atomic E-state index is 13.0. The third-order valence-corrected chi connectivity index (χ3v) is 5.53. The summed E-state index contributed by atoms with van der Waals surface area (Å²) in [6, 6.07) is 9.12. The first kappa shape index (κ1) is 19.6. The number of imide groups is 1. The van der Waals surface area contributed by atoms with Crippen LogP contribution in [0.25, 0.3) is 5.57 Å². The molecule has 142 valence electrons. The second-order valence-corrected chi connectivity index (χ2v) is 7.80. The van der Waals surface area contributed by atoms with E-state index in [1.807, 2.05) is 44.4 Å². The molecule has 2 heterocycles. The average molecular weight is 405 g/mol. The van der Waals surface area contributed by atoms with E-state index in [-0.39, 0.29) is 30.2 Å². The zero-order chi connectivity index (χ0) is 19.6. The Hall–Kier alpha value is -2.15. The van der Waals surface area contributed by atoms with Crippen LogP contribution >= 0.6 is 22.9 Å². The van der Waals surface area contributed by atoms with Gasteiger partial charge in [0.1, 0.15) is 5.70 Å². The number of nitrogens with zero attached hydrogens (tertiary/aromatic N) is 1. The largest absolute Gasteiger partial charge is 0.377 e. The number of halogens is 1. The number of ether oxygens (including phenoxy) is 1. The average Bonchev–Trinajstić information content (AvgIpc) is 3.21. The lowest BCUT2D eigenvalue weighted by molar-refractivity contribution is -0.137. The van der Waals surface area contributed by atoms with Gasteiger partial charge in [0.15, 0.2) is 0 Å². The van der Waals surface area contributed by atoms with Gasteiger partial charge < -0.3 is 10.1 Å². The van der Waals surface area contributed by atoms with Gasteiger partial charge in [-0.3, -0.25) is 14.5 Å². The molecule has 0 radical (unpaired) electrons. The molecule has 27 heavy (non-hydrogen) atoms. The van der Waals surface area contributed by atoms with Crippen molar-refractivity contribution in [3.8, 4) is 0 Å². The molecule has 0 saturated heterocycles. The van der Waals surface area contributed by atoms with Crippen LogP contribution in [0.5, 0.6) is 0 Å². The number of thiophene rings is 1. The van der Waals surface area contributed by atoms with E-state index in [1.165, 1.54) is 16.2 Å². The third-order valence-electron chi connectivity index (χ3n) is 4.23. The van der Waals surface area contributed by atoms with Gasteiger partial charge >= 0.3 is 0 Å². The number of carbonyl (C=O) groups excluding carboxylic acids is 2. The predicted octanol–water partition coefficient (Wildman–Crippen LogP) is 4.33. The number of hydrogen-bond donors (Lipinski definition) is 1. The standard InChI is InChI=1S/C20H21ClN2O3S/c1-12(2)26-10-9-23-19(24)17(16-8-5-11-27-16)18(20(23)25)22-15-7-4-6-14(21)13(15)3/h4-8,11-12,22H,9-10H2,1-3H3. The van der Waals surface area contributed by atoms with E-state index in [9.17, 15) is 9.59 Å². The molecule has 1 aromatic heterocycles. The van der Waals surface area contributed by atoms with Crippen LogP contribution in [-0.4, -0.2) is 36.0 Å². The number of rotatable bonds is 7. The van der Waals surface area contributed by atoms with E-state index in [4.69, 9.17) is 16.3 Å². The highest BCUT2D eigenvalue weighted by Gasteiger charge is 2.39. The monoisotopic (exact) mass is 404 g/mol. The molecular formula is C20H21ClN2O3S. The molecule has 1 N–H and O–H groups in total. The van der Waals surface area contributed by atoms with Crippen molar-refractivity contribution in [2.24, 2.45) is 0 Å². The van der Waals surface area contributed by atoms with Crippen molar-refractivity contribution in [3.63, 3.8) is 0 Å². The first-order valence-electron chi connectivity index (χ1n) is 8.68. The van der Waals surface area contributed by atoms with Crippen molar-refractivity contribution < 1.29 is 14.3 Å². The predicted molar refractivity (Wildman–Crippen MR) is 109 cm³/mol. The Morgan fingerprint density at radius 2 is 1.96 bits per heavy atom. The zero-order valence-corrected chi connectivity index (χ0v) is 17.0. The maximum atomic E-state index is 13.0. The SMILES string of the molecule is Cc1c(Cl)cccc1NC1=C(c2cccs2)C(=O)N(CCOC(C)C)C1=O. The Morgan fingerprint density at radius 1 is 1.19 bits per heavy atom. The number of anilines is 1. The number of hydrogen-bond acceptors (Lipinski definition) is 5.